The highest BCUT2D eigenvalue weighted by Gasteiger charge is 1.94. The van der Waals surface area contributed by atoms with Gasteiger partial charge in [0.2, 0.25) is 0 Å². The molecule has 0 bridgehead atoms. The van der Waals surface area contributed by atoms with E-state index in [-0.39, 0.29) is 0 Å². The Bertz CT molecular complexity index is 463. The van der Waals surface area contributed by atoms with E-state index in [0.717, 1.165) is 22.5 Å². The van der Waals surface area contributed by atoms with Gasteiger partial charge in [-0.15, -0.1) is 0 Å². The molecular weight excluding hydrogens is 159 g/mol. The zero-order chi connectivity index (χ0) is 9.26. The summed E-state index contributed by atoms with van der Waals surface area (Å²) >= 11 is 0. The van der Waals surface area contributed by atoms with Crippen molar-refractivity contribution in [1.29, 1.82) is 0 Å². The zero-order valence-corrected chi connectivity index (χ0v) is 7.03. The van der Waals surface area contributed by atoms with Gasteiger partial charge >= 0.3 is 0 Å². The number of hydrogen-bond acceptors (Lipinski definition) is 1. The average Bonchev–Trinajstić information content (AvgIpc) is 2.17. The highest BCUT2D eigenvalue weighted by molar-refractivity contribution is 6.33. The lowest BCUT2D eigenvalue weighted by molar-refractivity contribution is 0.112. The molecule has 0 spiro atoms. The predicted molar refractivity (Wildman–Crippen MR) is 54.7 cm³/mol. The maximum Gasteiger partial charge on any atom is 0.150 e. The molecular formula is C11H7BO. The third kappa shape index (κ3) is 1.48. The molecule has 0 heterocycles. The minimum absolute atomic E-state index is 0.692. The number of carbonyl (C=O) groups excluding carboxylic acids is 1. The van der Waals surface area contributed by atoms with E-state index >= 15 is 0 Å². The average molecular weight is 166 g/mol. The van der Waals surface area contributed by atoms with Crippen LogP contribution in [0.5, 0.6) is 0 Å². The van der Waals surface area contributed by atoms with Gasteiger partial charge in [-0.3, -0.25) is 4.79 Å². The molecule has 0 aliphatic carbocycles. The van der Waals surface area contributed by atoms with Crippen LogP contribution in [0.15, 0.2) is 36.4 Å². The molecule has 0 saturated heterocycles. The Balaban J connectivity index is 2.73. The molecule has 2 aromatic rings. The molecule has 60 valence electrons. The van der Waals surface area contributed by atoms with E-state index in [1.54, 1.807) is 6.07 Å². The van der Waals surface area contributed by atoms with Gasteiger partial charge in [0.15, 0.2) is 0 Å². The maximum atomic E-state index is 10.5. The third-order valence-corrected chi connectivity index (χ3v) is 2.02. The Morgan fingerprint density at radius 3 is 2.46 bits per heavy atom. The van der Waals surface area contributed by atoms with Crippen LogP contribution >= 0.6 is 0 Å². The molecule has 2 aromatic carbocycles. The van der Waals surface area contributed by atoms with Crippen molar-refractivity contribution in [1.82, 2.24) is 0 Å². The first kappa shape index (κ1) is 8.05. The lowest BCUT2D eigenvalue weighted by Crippen LogP contribution is -1.99. The Morgan fingerprint density at radius 1 is 1.00 bits per heavy atom. The summed E-state index contributed by atoms with van der Waals surface area (Å²) in [5, 5.41) is 2.10. The standard InChI is InChI=1S/C11H7BO/c12-11-4-3-9-5-8(7-13)1-2-10(9)6-11/h1-7H. The second kappa shape index (κ2) is 3.06. The fourth-order valence-electron chi connectivity index (χ4n) is 1.36. The molecule has 0 aliphatic rings. The molecule has 0 aliphatic heterocycles. The third-order valence-electron chi connectivity index (χ3n) is 2.02. The largest absolute Gasteiger partial charge is 0.298 e. The molecule has 0 saturated carbocycles. The number of rotatable bonds is 1. The minimum Gasteiger partial charge on any atom is -0.298 e. The first-order chi connectivity index (χ1) is 6.29. The van der Waals surface area contributed by atoms with Crippen LogP contribution in [0.4, 0.5) is 0 Å². The molecule has 13 heavy (non-hydrogen) atoms. The summed E-state index contributed by atoms with van der Waals surface area (Å²) in [6.45, 7) is 0. The Morgan fingerprint density at radius 2 is 1.69 bits per heavy atom. The van der Waals surface area contributed by atoms with Crippen LogP contribution in [0.1, 0.15) is 10.4 Å². The molecule has 2 heteroatoms. The van der Waals surface area contributed by atoms with Gasteiger partial charge in [-0.05, 0) is 16.8 Å². The topological polar surface area (TPSA) is 17.1 Å². The summed E-state index contributed by atoms with van der Waals surface area (Å²) in [4.78, 5) is 10.5. The van der Waals surface area contributed by atoms with Gasteiger partial charge in [-0.1, -0.05) is 35.8 Å². The Kier molecular flexibility index (Phi) is 1.89. The van der Waals surface area contributed by atoms with Gasteiger partial charge in [-0.25, -0.2) is 0 Å². The van der Waals surface area contributed by atoms with Gasteiger partial charge in [0.1, 0.15) is 14.1 Å². The van der Waals surface area contributed by atoms with E-state index in [1.165, 1.54) is 0 Å². The number of hydrogen-bond donors (Lipinski definition) is 0. The van der Waals surface area contributed by atoms with Crippen molar-refractivity contribution in [3.8, 4) is 0 Å². The van der Waals surface area contributed by atoms with E-state index in [0.29, 0.717) is 5.56 Å². The maximum absolute atomic E-state index is 10.5. The molecule has 2 radical (unpaired) electrons. The van der Waals surface area contributed by atoms with Crippen molar-refractivity contribution >= 4 is 30.4 Å². The highest BCUT2D eigenvalue weighted by Crippen LogP contribution is 2.13. The highest BCUT2D eigenvalue weighted by atomic mass is 16.1. The Labute approximate surface area is 77.8 Å². The van der Waals surface area contributed by atoms with Crippen molar-refractivity contribution in [3.05, 3.63) is 42.0 Å². The SMILES string of the molecule is [B]c1ccc2cc(C=O)ccc2c1. The number of benzene rings is 2. The van der Waals surface area contributed by atoms with Crippen molar-refractivity contribution < 1.29 is 4.79 Å². The summed E-state index contributed by atoms with van der Waals surface area (Å²) < 4.78 is 0. The van der Waals surface area contributed by atoms with Gasteiger partial charge in [-0.2, -0.15) is 0 Å². The van der Waals surface area contributed by atoms with Crippen molar-refractivity contribution in [2.75, 3.05) is 0 Å². The molecule has 2 rings (SSSR count). The molecule has 0 amide bonds. The van der Waals surface area contributed by atoms with Crippen molar-refractivity contribution in [2.45, 2.75) is 0 Å². The van der Waals surface area contributed by atoms with Crippen molar-refractivity contribution in [3.63, 3.8) is 0 Å². The fourth-order valence-corrected chi connectivity index (χ4v) is 1.36. The molecule has 0 aromatic heterocycles. The summed E-state index contributed by atoms with van der Waals surface area (Å²) in [6.07, 6.45) is 0.843. The van der Waals surface area contributed by atoms with Crippen LogP contribution in [0.25, 0.3) is 10.8 Å². The van der Waals surface area contributed by atoms with Crippen LogP contribution in [-0.2, 0) is 0 Å². The van der Waals surface area contributed by atoms with E-state index in [2.05, 4.69) is 0 Å². The normalized spacial score (nSPS) is 10.2. The summed E-state index contributed by atoms with van der Waals surface area (Å²) in [5.74, 6) is 0. The molecule has 1 nitrogen and oxygen atoms in total. The number of aldehydes is 1. The summed E-state index contributed by atoms with van der Waals surface area (Å²) in [7, 11) is 5.62. The number of fused-ring (bicyclic) bond motifs is 1. The minimum atomic E-state index is 0.692. The lowest BCUT2D eigenvalue weighted by atomic mass is 9.93. The van der Waals surface area contributed by atoms with Gasteiger partial charge in [0.25, 0.3) is 0 Å². The second-order valence-corrected chi connectivity index (χ2v) is 2.98. The number of carbonyl (C=O) groups is 1. The summed E-state index contributed by atoms with van der Waals surface area (Å²) in [5.41, 5.74) is 1.43. The van der Waals surface area contributed by atoms with Crippen LogP contribution < -0.4 is 5.46 Å². The van der Waals surface area contributed by atoms with E-state index in [9.17, 15) is 4.79 Å². The monoisotopic (exact) mass is 166 g/mol. The summed E-state index contributed by atoms with van der Waals surface area (Å²) in [6, 6.07) is 11.2. The quantitative estimate of drug-likeness (QED) is 0.462. The van der Waals surface area contributed by atoms with Gasteiger partial charge in [0, 0.05) is 5.56 Å². The van der Waals surface area contributed by atoms with Crippen LogP contribution in [0, 0.1) is 0 Å². The van der Waals surface area contributed by atoms with Crippen molar-refractivity contribution in [2.24, 2.45) is 0 Å². The fraction of sp³-hybridized carbons (Fsp3) is 0. The first-order valence-corrected chi connectivity index (χ1v) is 4.04. The second-order valence-electron chi connectivity index (χ2n) is 2.98. The Hall–Kier alpha value is -1.57. The molecule has 0 N–H and O–H groups in total. The van der Waals surface area contributed by atoms with Crippen LogP contribution in [-0.4, -0.2) is 14.1 Å². The van der Waals surface area contributed by atoms with E-state index in [4.69, 9.17) is 7.85 Å². The molecule has 0 unspecified atom stereocenters. The lowest BCUT2D eigenvalue weighted by Gasteiger charge is -1.99. The zero-order valence-electron chi connectivity index (χ0n) is 7.03. The molecule has 0 atom stereocenters. The predicted octanol–water partition coefficient (Wildman–Crippen LogP) is 1.45. The first-order valence-electron chi connectivity index (χ1n) is 4.04. The van der Waals surface area contributed by atoms with Crippen LogP contribution in [0.2, 0.25) is 0 Å². The molecule has 0 fully saturated rings. The van der Waals surface area contributed by atoms with Gasteiger partial charge in [0.05, 0.1) is 0 Å². The van der Waals surface area contributed by atoms with Crippen LogP contribution in [0.3, 0.4) is 0 Å². The smallest absolute Gasteiger partial charge is 0.150 e. The van der Waals surface area contributed by atoms with E-state index < -0.39 is 0 Å². The van der Waals surface area contributed by atoms with Gasteiger partial charge < -0.3 is 0 Å². The van der Waals surface area contributed by atoms with E-state index in [1.807, 2.05) is 30.3 Å².